The van der Waals surface area contributed by atoms with Gasteiger partial charge in [-0.25, -0.2) is 4.79 Å². The van der Waals surface area contributed by atoms with Crippen LogP contribution in [-0.4, -0.2) is 115 Å². The van der Waals surface area contributed by atoms with Gasteiger partial charge in [0.25, 0.3) is 0 Å². The lowest BCUT2D eigenvalue weighted by atomic mass is 9.80. The highest BCUT2D eigenvalue weighted by atomic mass is 16.7. The van der Waals surface area contributed by atoms with Gasteiger partial charge in [-0.05, 0) is 55.3 Å². The van der Waals surface area contributed by atoms with E-state index < -0.39 is 79.2 Å². The molecule has 2 fully saturated rings. The second-order valence-electron chi connectivity index (χ2n) is 10.2. The molecule has 2 saturated heterocycles. The lowest BCUT2D eigenvalue weighted by Gasteiger charge is -2.52. The number of phenolic OH excluding ortho intramolecular Hbond substituents is 3. The van der Waals surface area contributed by atoms with Crippen LogP contribution in [0.2, 0.25) is 0 Å². The molecule has 2 aromatic carbocycles. The summed E-state index contributed by atoms with van der Waals surface area (Å²) in [4.78, 5) is 13.0. The van der Waals surface area contributed by atoms with Crippen molar-refractivity contribution >= 4 is 12.0 Å². The molecule has 2 aliphatic rings. The van der Waals surface area contributed by atoms with Crippen LogP contribution in [0.4, 0.5) is 0 Å². The van der Waals surface area contributed by atoms with E-state index in [1.807, 2.05) is 0 Å². The normalized spacial score (nSPS) is 34.7. The van der Waals surface area contributed by atoms with E-state index in [0.717, 1.165) is 6.08 Å². The molecule has 2 aromatic rings. The summed E-state index contributed by atoms with van der Waals surface area (Å²) in [6.07, 6.45) is -11.6. The van der Waals surface area contributed by atoms with Crippen LogP contribution in [0.15, 0.2) is 48.5 Å². The molecule has 0 aliphatic carbocycles. The second-order valence-corrected chi connectivity index (χ2v) is 10.2. The average Bonchev–Trinajstić information content (AvgIpc) is 2.98. The zero-order chi connectivity index (χ0) is 31.5. The van der Waals surface area contributed by atoms with E-state index in [1.54, 1.807) is 6.92 Å². The van der Waals surface area contributed by atoms with E-state index in [9.17, 15) is 45.6 Å². The maximum Gasteiger partial charge on any atom is 0.331 e. The number of benzene rings is 2. The van der Waals surface area contributed by atoms with Crippen molar-refractivity contribution < 1.29 is 69.3 Å². The fourth-order valence-electron chi connectivity index (χ4n) is 4.98. The third-order valence-electron chi connectivity index (χ3n) is 7.34. The van der Waals surface area contributed by atoms with Crippen molar-refractivity contribution in [2.75, 3.05) is 13.2 Å². The van der Waals surface area contributed by atoms with Crippen LogP contribution < -0.4 is 0 Å². The molecule has 8 N–H and O–H groups in total. The van der Waals surface area contributed by atoms with Crippen molar-refractivity contribution in [1.29, 1.82) is 0 Å². The van der Waals surface area contributed by atoms with E-state index in [0.29, 0.717) is 5.56 Å². The Kier molecular flexibility index (Phi) is 10.3. The Bertz CT molecular complexity index is 1270. The molecule has 0 amide bonds. The Labute approximate surface area is 246 Å². The molecule has 0 spiro atoms. The Hall–Kier alpha value is -3.31. The molecule has 10 atom stereocenters. The fraction of sp³-hybridized carbons (Fsp3) is 0.483. The molecule has 14 heteroatoms. The Morgan fingerprint density at radius 3 is 2.30 bits per heavy atom. The Morgan fingerprint density at radius 1 is 0.977 bits per heavy atom. The van der Waals surface area contributed by atoms with Gasteiger partial charge in [0, 0.05) is 12.7 Å². The van der Waals surface area contributed by atoms with E-state index in [4.69, 9.17) is 23.7 Å². The highest BCUT2D eigenvalue weighted by Gasteiger charge is 2.61. The third kappa shape index (κ3) is 6.77. The Balaban J connectivity index is 1.75. The number of rotatable bonds is 9. The fourth-order valence-corrected chi connectivity index (χ4v) is 4.98. The second kappa shape index (κ2) is 13.5. The number of hydrogen-bond acceptors (Lipinski definition) is 14. The van der Waals surface area contributed by atoms with Crippen molar-refractivity contribution in [1.82, 2.24) is 0 Å². The molecule has 2 aliphatic heterocycles. The molecule has 4 rings (SSSR count). The minimum Gasteiger partial charge on any atom is -0.508 e. The molecular formula is C29H36O14. The van der Waals surface area contributed by atoms with Crippen LogP contribution in [0, 0.1) is 0 Å². The molecule has 2 heterocycles. The molecule has 0 radical (unpaired) electrons. The monoisotopic (exact) mass is 608 g/mol. The summed E-state index contributed by atoms with van der Waals surface area (Å²) in [5.41, 5.74) is -1.93. The van der Waals surface area contributed by atoms with Gasteiger partial charge in [-0.2, -0.15) is 0 Å². The quantitative estimate of drug-likeness (QED) is 0.103. The van der Waals surface area contributed by atoms with Gasteiger partial charge in [-0.15, -0.1) is 0 Å². The zero-order valence-electron chi connectivity index (χ0n) is 23.3. The number of aromatic hydroxyl groups is 3. The van der Waals surface area contributed by atoms with Gasteiger partial charge in [0.05, 0.1) is 12.7 Å². The van der Waals surface area contributed by atoms with E-state index in [2.05, 4.69) is 0 Å². The van der Waals surface area contributed by atoms with Crippen LogP contribution >= 0.6 is 0 Å². The number of esters is 1. The lowest BCUT2D eigenvalue weighted by Crippen LogP contribution is -2.69. The minimum absolute atomic E-state index is 0.0209. The Morgan fingerprint density at radius 2 is 1.67 bits per heavy atom. The van der Waals surface area contributed by atoms with Crippen molar-refractivity contribution in [2.45, 2.75) is 74.8 Å². The van der Waals surface area contributed by atoms with E-state index in [-0.39, 0.29) is 23.7 Å². The van der Waals surface area contributed by atoms with Gasteiger partial charge >= 0.3 is 5.97 Å². The van der Waals surface area contributed by atoms with Crippen molar-refractivity contribution in [3.63, 3.8) is 0 Å². The lowest BCUT2D eigenvalue weighted by molar-refractivity contribution is -0.387. The summed E-state index contributed by atoms with van der Waals surface area (Å²) in [5.74, 6) is -1.90. The number of aliphatic hydroxyl groups excluding tert-OH is 4. The molecule has 43 heavy (non-hydrogen) atoms. The van der Waals surface area contributed by atoms with Crippen LogP contribution in [0.3, 0.4) is 0 Å². The van der Waals surface area contributed by atoms with E-state index in [1.165, 1.54) is 55.5 Å². The predicted octanol–water partition coefficient (Wildman–Crippen LogP) is -0.417. The van der Waals surface area contributed by atoms with Crippen molar-refractivity contribution in [3.8, 4) is 17.2 Å². The SMILES string of the molecule is CCOC1OC(CO)C(OC(=O)C=Cc2ccc(O)c(O)c2)C(OC2OC(C)C(O)C(O)C2O)C1(O)c1ccc(O)cc1. The number of ether oxygens (including phenoxy) is 5. The van der Waals surface area contributed by atoms with Crippen LogP contribution in [0.1, 0.15) is 25.0 Å². The summed E-state index contributed by atoms with van der Waals surface area (Å²) in [7, 11) is 0. The summed E-state index contributed by atoms with van der Waals surface area (Å²) >= 11 is 0. The largest absolute Gasteiger partial charge is 0.508 e. The molecule has 10 unspecified atom stereocenters. The summed E-state index contributed by atoms with van der Waals surface area (Å²) in [6, 6.07) is 9.07. The molecule has 0 bridgehead atoms. The molecule has 236 valence electrons. The summed E-state index contributed by atoms with van der Waals surface area (Å²) in [5, 5.41) is 82.9. The van der Waals surface area contributed by atoms with Crippen molar-refractivity contribution in [2.24, 2.45) is 0 Å². The molecule has 14 nitrogen and oxygen atoms in total. The number of carbonyl (C=O) groups excluding carboxylic acids is 1. The van der Waals surface area contributed by atoms with Gasteiger partial charge < -0.3 is 64.5 Å². The van der Waals surface area contributed by atoms with Crippen LogP contribution in [0.25, 0.3) is 6.08 Å². The van der Waals surface area contributed by atoms with Gasteiger partial charge in [0.15, 0.2) is 35.8 Å². The minimum atomic E-state index is -2.33. The predicted molar refractivity (Wildman–Crippen MR) is 145 cm³/mol. The number of hydrogen-bond donors (Lipinski definition) is 8. The van der Waals surface area contributed by atoms with Gasteiger partial charge in [0.2, 0.25) is 0 Å². The maximum absolute atomic E-state index is 13.0. The van der Waals surface area contributed by atoms with Gasteiger partial charge in [-0.3, -0.25) is 0 Å². The van der Waals surface area contributed by atoms with Crippen LogP contribution in [0.5, 0.6) is 17.2 Å². The topological polar surface area (TPSA) is 225 Å². The summed E-state index contributed by atoms with van der Waals surface area (Å²) in [6.45, 7) is 2.33. The third-order valence-corrected chi connectivity index (χ3v) is 7.34. The van der Waals surface area contributed by atoms with Gasteiger partial charge in [0.1, 0.15) is 36.3 Å². The van der Waals surface area contributed by atoms with Gasteiger partial charge in [-0.1, -0.05) is 18.2 Å². The summed E-state index contributed by atoms with van der Waals surface area (Å²) < 4.78 is 28.8. The van der Waals surface area contributed by atoms with Crippen LogP contribution in [-0.2, 0) is 34.1 Å². The standard InChI is InChI=1S/C29H36O14/c1-3-39-28-29(38,16-6-8-17(31)9-7-16)26(43-27-24(37)23(36)22(35)14(2)40-27)25(20(13-30)41-28)42-21(34)11-5-15-4-10-18(32)19(33)12-15/h4-12,14,20,22-28,30-33,35-38H,3,13H2,1-2H3. The first-order valence-corrected chi connectivity index (χ1v) is 13.6. The number of phenols is 3. The first kappa shape index (κ1) is 32.6. The first-order valence-electron chi connectivity index (χ1n) is 13.6. The van der Waals surface area contributed by atoms with Crippen molar-refractivity contribution in [3.05, 3.63) is 59.7 Å². The maximum atomic E-state index is 13.0. The number of aliphatic hydroxyl groups is 5. The molecular weight excluding hydrogens is 572 g/mol. The number of carbonyl (C=O) groups is 1. The highest BCUT2D eigenvalue weighted by molar-refractivity contribution is 5.87. The molecule has 0 aromatic heterocycles. The smallest absolute Gasteiger partial charge is 0.331 e. The zero-order valence-corrected chi connectivity index (χ0v) is 23.3. The average molecular weight is 609 g/mol. The molecule has 0 saturated carbocycles. The van der Waals surface area contributed by atoms with E-state index >= 15 is 0 Å². The first-order chi connectivity index (χ1) is 20.4. The highest BCUT2D eigenvalue weighted by Crippen LogP contribution is 2.43.